The zero-order chi connectivity index (χ0) is 13.6. The molecule has 1 aliphatic heterocycles. The van der Waals surface area contributed by atoms with E-state index in [-0.39, 0.29) is 0 Å². The Bertz CT molecular complexity index is 444. The van der Waals surface area contributed by atoms with E-state index >= 15 is 0 Å². The second-order valence-corrected chi connectivity index (χ2v) is 5.72. The third-order valence-corrected chi connectivity index (χ3v) is 3.80. The van der Waals surface area contributed by atoms with E-state index in [4.69, 9.17) is 25.8 Å². The van der Waals surface area contributed by atoms with Crippen LogP contribution < -0.4 is 4.74 Å². The molecular weight excluding hydrogens is 254 g/mol. The normalized spacial score (nSPS) is 22.1. The van der Waals surface area contributed by atoms with Gasteiger partial charge in [0.25, 0.3) is 0 Å². The van der Waals surface area contributed by atoms with Crippen LogP contribution in [0.5, 0.6) is 5.75 Å². The topological polar surface area (TPSA) is 40.6 Å². The number of hydrogen-bond acceptors (Lipinski definition) is 4. The molecule has 100 valence electrons. The van der Waals surface area contributed by atoms with Crippen molar-refractivity contribution in [2.75, 3.05) is 7.11 Å². The minimum absolute atomic E-state index is 0.389. The molecule has 1 aliphatic rings. The maximum absolute atomic E-state index is 5.96. The summed E-state index contributed by atoms with van der Waals surface area (Å²) < 4.78 is 17.2. The van der Waals surface area contributed by atoms with E-state index in [0.29, 0.717) is 10.9 Å². The molecule has 1 saturated heterocycles. The van der Waals surface area contributed by atoms with Gasteiger partial charge in [0, 0.05) is 0 Å². The van der Waals surface area contributed by atoms with Crippen molar-refractivity contribution in [1.82, 2.24) is 4.98 Å². The van der Waals surface area contributed by atoms with Crippen LogP contribution in [0.25, 0.3) is 0 Å². The lowest BCUT2D eigenvalue weighted by Crippen LogP contribution is -2.41. The highest BCUT2D eigenvalue weighted by atomic mass is 35.5. The summed E-state index contributed by atoms with van der Waals surface area (Å²) >= 11 is 5.92. The van der Waals surface area contributed by atoms with Crippen LogP contribution in [0.1, 0.15) is 39.5 Å². The largest absolute Gasteiger partial charge is 0.495 e. The van der Waals surface area contributed by atoms with Crippen LogP contribution in [0, 0.1) is 0 Å². The zero-order valence-corrected chi connectivity index (χ0v) is 12.0. The molecule has 0 N–H and O–H groups in total. The molecule has 0 saturated carbocycles. The van der Waals surface area contributed by atoms with Crippen LogP contribution in [0.15, 0.2) is 12.3 Å². The van der Waals surface area contributed by atoms with E-state index in [2.05, 4.69) is 4.98 Å². The van der Waals surface area contributed by atoms with E-state index in [1.165, 1.54) is 0 Å². The number of methoxy groups -OCH3 is 1. The van der Waals surface area contributed by atoms with E-state index in [9.17, 15) is 0 Å². The number of hydrogen-bond donors (Lipinski definition) is 0. The van der Waals surface area contributed by atoms with Crippen LogP contribution in [0.2, 0.25) is 5.15 Å². The fraction of sp³-hybridized carbons (Fsp3) is 0.615. The molecule has 2 rings (SSSR count). The van der Waals surface area contributed by atoms with Gasteiger partial charge in [-0.2, -0.15) is 0 Å². The molecule has 0 spiro atoms. The highest BCUT2D eigenvalue weighted by Gasteiger charge is 2.50. The van der Waals surface area contributed by atoms with Crippen molar-refractivity contribution in [2.24, 2.45) is 0 Å². The van der Waals surface area contributed by atoms with Gasteiger partial charge in [-0.15, -0.1) is 0 Å². The molecule has 4 nitrogen and oxygen atoms in total. The zero-order valence-electron chi connectivity index (χ0n) is 11.3. The van der Waals surface area contributed by atoms with Crippen LogP contribution in [0.4, 0.5) is 0 Å². The SMILES string of the molecule is COc1cnc(Cl)cc1C1OC(C)(C)C(C)(C)O1. The van der Waals surface area contributed by atoms with Gasteiger partial charge in [-0.1, -0.05) is 11.6 Å². The average molecular weight is 272 g/mol. The summed E-state index contributed by atoms with van der Waals surface area (Å²) in [4.78, 5) is 3.98. The summed E-state index contributed by atoms with van der Waals surface area (Å²) in [7, 11) is 1.58. The Kier molecular flexibility index (Phi) is 3.30. The van der Waals surface area contributed by atoms with Gasteiger partial charge in [0.05, 0.1) is 30.1 Å². The molecule has 1 aromatic heterocycles. The molecule has 0 radical (unpaired) electrons. The van der Waals surface area contributed by atoms with Crippen molar-refractivity contribution in [3.63, 3.8) is 0 Å². The van der Waals surface area contributed by atoms with E-state index in [1.54, 1.807) is 19.4 Å². The number of ether oxygens (including phenoxy) is 3. The second-order valence-electron chi connectivity index (χ2n) is 5.34. The van der Waals surface area contributed by atoms with Crippen LogP contribution in [-0.4, -0.2) is 23.3 Å². The Morgan fingerprint density at radius 2 is 1.78 bits per heavy atom. The van der Waals surface area contributed by atoms with Crippen molar-refractivity contribution in [3.05, 3.63) is 23.0 Å². The molecule has 0 amide bonds. The number of rotatable bonds is 2. The molecule has 0 aliphatic carbocycles. The lowest BCUT2D eigenvalue weighted by atomic mass is 9.90. The molecule has 1 fully saturated rings. The molecule has 1 aromatic rings. The van der Waals surface area contributed by atoms with E-state index in [0.717, 1.165) is 5.56 Å². The Labute approximate surface area is 112 Å². The number of nitrogens with zero attached hydrogens (tertiary/aromatic N) is 1. The summed E-state index contributed by atoms with van der Waals surface area (Å²) in [6.45, 7) is 8.01. The maximum atomic E-state index is 5.96. The van der Waals surface area contributed by atoms with Gasteiger partial charge in [0.1, 0.15) is 10.9 Å². The Balaban J connectivity index is 2.37. The van der Waals surface area contributed by atoms with Crippen molar-refractivity contribution in [1.29, 1.82) is 0 Å². The summed E-state index contributed by atoms with van der Waals surface area (Å²) in [6, 6.07) is 1.71. The van der Waals surface area contributed by atoms with Gasteiger partial charge < -0.3 is 14.2 Å². The second kappa shape index (κ2) is 4.37. The third kappa shape index (κ3) is 2.20. The van der Waals surface area contributed by atoms with Gasteiger partial charge >= 0.3 is 0 Å². The molecule has 2 heterocycles. The minimum atomic E-state index is -0.495. The number of aromatic nitrogens is 1. The average Bonchev–Trinajstić information content (AvgIpc) is 2.48. The number of halogens is 1. The van der Waals surface area contributed by atoms with Crippen molar-refractivity contribution >= 4 is 11.6 Å². The molecule has 0 atom stereocenters. The van der Waals surface area contributed by atoms with Crippen LogP contribution in [0.3, 0.4) is 0 Å². The highest BCUT2D eigenvalue weighted by molar-refractivity contribution is 6.29. The molecular formula is C13H18ClNO3. The summed E-state index contributed by atoms with van der Waals surface area (Å²) in [6.07, 6.45) is 1.08. The van der Waals surface area contributed by atoms with Gasteiger partial charge in [-0.05, 0) is 33.8 Å². The summed E-state index contributed by atoms with van der Waals surface area (Å²) in [5, 5.41) is 0.389. The van der Waals surface area contributed by atoms with Crippen LogP contribution >= 0.6 is 11.6 Å². The maximum Gasteiger partial charge on any atom is 0.189 e. The molecule has 18 heavy (non-hydrogen) atoms. The lowest BCUT2D eigenvalue weighted by molar-refractivity contribution is -0.0906. The first-order chi connectivity index (χ1) is 8.27. The monoisotopic (exact) mass is 271 g/mol. The first-order valence-electron chi connectivity index (χ1n) is 5.82. The Hall–Kier alpha value is -0.840. The fourth-order valence-corrected chi connectivity index (χ4v) is 1.92. The first-order valence-corrected chi connectivity index (χ1v) is 6.20. The fourth-order valence-electron chi connectivity index (χ4n) is 1.76. The quantitative estimate of drug-likeness (QED) is 0.774. The van der Waals surface area contributed by atoms with Gasteiger partial charge in [0.15, 0.2) is 6.29 Å². The van der Waals surface area contributed by atoms with Crippen molar-refractivity contribution < 1.29 is 14.2 Å². The smallest absolute Gasteiger partial charge is 0.189 e. The molecule has 0 aromatic carbocycles. The van der Waals surface area contributed by atoms with E-state index < -0.39 is 17.5 Å². The van der Waals surface area contributed by atoms with Crippen LogP contribution in [-0.2, 0) is 9.47 Å². The predicted molar refractivity (Wildman–Crippen MR) is 68.9 cm³/mol. The predicted octanol–water partition coefficient (Wildman–Crippen LogP) is 3.35. The van der Waals surface area contributed by atoms with Crippen molar-refractivity contribution in [2.45, 2.75) is 45.2 Å². The molecule has 0 bridgehead atoms. The van der Waals surface area contributed by atoms with Gasteiger partial charge in [0.2, 0.25) is 0 Å². The lowest BCUT2D eigenvalue weighted by Gasteiger charge is -2.30. The standard InChI is InChI=1S/C13H18ClNO3/c1-12(2)13(3,4)18-11(17-12)8-6-10(14)15-7-9(8)16-5/h6-7,11H,1-5H3. The van der Waals surface area contributed by atoms with Gasteiger partial charge in [-0.3, -0.25) is 0 Å². The molecule has 0 unspecified atom stereocenters. The van der Waals surface area contributed by atoms with Gasteiger partial charge in [-0.25, -0.2) is 4.98 Å². The number of pyridine rings is 1. The summed E-state index contributed by atoms with van der Waals surface area (Å²) in [5.74, 6) is 0.609. The Morgan fingerprint density at radius 1 is 1.22 bits per heavy atom. The van der Waals surface area contributed by atoms with E-state index in [1.807, 2.05) is 27.7 Å². The molecule has 5 heteroatoms. The summed E-state index contributed by atoms with van der Waals surface area (Å²) in [5.41, 5.74) is -0.0206. The third-order valence-electron chi connectivity index (χ3n) is 3.59. The minimum Gasteiger partial charge on any atom is -0.495 e. The highest BCUT2D eigenvalue weighted by Crippen LogP contribution is 2.46. The van der Waals surface area contributed by atoms with Crippen molar-refractivity contribution in [3.8, 4) is 5.75 Å². The Morgan fingerprint density at radius 3 is 2.28 bits per heavy atom. The first kappa shape index (κ1) is 13.6.